The lowest BCUT2D eigenvalue weighted by molar-refractivity contribution is 0.473. The normalized spacial score (nSPS) is 12.2. The van der Waals surface area contributed by atoms with Gasteiger partial charge in [0.1, 0.15) is 0 Å². The maximum Gasteiger partial charge on any atom is 0.242 e. The highest BCUT2D eigenvalue weighted by Crippen LogP contribution is 2.19. The van der Waals surface area contributed by atoms with Gasteiger partial charge in [-0.15, -0.1) is 24.0 Å². The number of aryl methyl sites for hydroxylation is 1. The number of guanidine groups is 1. The van der Waals surface area contributed by atoms with Gasteiger partial charge in [0.15, 0.2) is 5.96 Å². The van der Waals surface area contributed by atoms with Crippen LogP contribution >= 0.6 is 24.0 Å². The topological polar surface area (TPSA) is 82.8 Å². The minimum atomic E-state index is -3.42. The molecular formula is C21H35IN6O2S. The van der Waals surface area contributed by atoms with Gasteiger partial charge in [0.05, 0.1) is 17.1 Å². The molecule has 2 aromatic rings. The Balaban J connectivity index is 0.00000480. The number of hydrogen-bond acceptors (Lipinski definition) is 4. The molecule has 1 heterocycles. The highest BCUT2D eigenvalue weighted by Gasteiger charge is 2.17. The second-order valence-electron chi connectivity index (χ2n) is 7.83. The second-order valence-corrected chi connectivity index (χ2v) is 9.98. The zero-order valence-electron chi connectivity index (χ0n) is 19.5. The summed E-state index contributed by atoms with van der Waals surface area (Å²) in [6.07, 6.45) is 2.05. The van der Waals surface area contributed by atoms with E-state index in [0.717, 1.165) is 23.8 Å². The molecule has 0 aliphatic carbocycles. The summed E-state index contributed by atoms with van der Waals surface area (Å²) >= 11 is 0. The number of aromatic nitrogens is 2. The molecule has 10 heteroatoms. The molecular weight excluding hydrogens is 527 g/mol. The summed E-state index contributed by atoms with van der Waals surface area (Å²) in [5.74, 6) is 1.15. The number of sulfonamides is 1. The molecule has 0 aliphatic rings. The third-order valence-electron chi connectivity index (χ3n) is 4.70. The van der Waals surface area contributed by atoms with E-state index in [2.05, 4.69) is 35.4 Å². The molecule has 0 atom stereocenters. The third kappa shape index (κ3) is 7.18. The molecule has 1 aromatic heterocycles. The lowest BCUT2D eigenvalue weighted by atomic mass is 10.1. The van der Waals surface area contributed by atoms with Crippen molar-refractivity contribution in [1.82, 2.24) is 24.3 Å². The average molecular weight is 563 g/mol. The van der Waals surface area contributed by atoms with E-state index < -0.39 is 10.0 Å². The van der Waals surface area contributed by atoms with Crippen molar-refractivity contribution >= 4 is 40.0 Å². The third-order valence-corrected chi connectivity index (χ3v) is 6.53. The van der Waals surface area contributed by atoms with Gasteiger partial charge >= 0.3 is 0 Å². The summed E-state index contributed by atoms with van der Waals surface area (Å²) in [5, 5.41) is 7.90. The molecule has 0 radical (unpaired) electrons. The van der Waals surface area contributed by atoms with E-state index in [9.17, 15) is 8.42 Å². The maximum absolute atomic E-state index is 12.2. The second kappa shape index (κ2) is 11.8. The summed E-state index contributed by atoms with van der Waals surface area (Å²) < 4.78 is 27.5. The molecule has 8 nitrogen and oxygen atoms in total. The van der Waals surface area contributed by atoms with Crippen LogP contribution in [-0.2, 0) is 30.2 Å². The van der Waals surface area contributed by atoms with Gasteiger partial charge in [-0.05, 0) is 30.5 Å². The standard InChI is InChI=1S/C21H34N6O2S.HI/c1-8-22-21(26(6)14-18-15-27(7)24-20(18)16(2)3)23-13-17-9-11-19(12-10-17)30(28,29)25(4)5;/h9-12,15-16H,8,13-14H2,1-7H3,(H,22,23);1H. The van der Waals surface area contributed by atoms with Gasteiger partial charge in [0.2, 0.25) is 10.0 Å². The van der Waals surface area contributed by atoms with Crippen LogP contribution < -0.4 is 5.32 Å². The molecule has 174 valence electrons. The zero-order chi connectivity index (χ0) is 22.5. The molecule has 0 aliphatic heterocycles. The first-order valence-electron chi connectivity index (χ1n) is 10.1. The van der Waals surface area contributed by atoms with Crippen LogP contribution in [0.15, 0.2) is 40.4 Å². The Bertz CT molecular complexity index is 968. The number of halogens is 1. The van der Waals surface area contributed by atoms with Crippen LogP contribution in [0, 0.1) is 0 Å². The van der Waals surface area contributed by atoms with Crippen molar-refractivity contribution in [3.05, 3.63) is 47.3 Å². The fraction of sp³-hybridized carbons (Fsp3) is 0.524. The van der Waals surface area contributed by atoms with Crippen LogP contribution in [0.25, 0.3) is 0 Å². The van der Waals surface area contributed by atoms with Crippen LogP contribution in [0.1, 0.15) is 43.5 Å². The molecule has 0 saturated heterocycles. The van der Waals surface area contributed by atoms with Crippen LogP contribution in [0.2, 0.25) is 0 Å². The Labute approximate surface area is 203 Å². The van der Waals surface area contributed by atoms with Crippen LogP contribution in [0.4, 0.5) is 0 Å². The molecule has 0 unspecified atom stereocenters. The molecule has 0 amide bonds. The molecule has 31 heavy (non-hydrogen) atoms. The van der Waals surface area contributed by atoms with Crippen LogP contribution in [0.3, 0.4) is 0 Å². The quantitative estimate of drug-likeness (QED) is 0.304. The zero-order valence-corrected chi connectivity index (χ0v) is 22.6. The van der Waals surface area contributed by atoms with Crippen molar-refractivity contribution < 1.29 is 8.42 Å². The van der Waals surface area contributed by atoms with Crippen molar-refractivity contribution in [2.75, 3.05) is 27.7 Å². The monoisotopic (exact) mass is 562 g/mol. The van der Waals surface area contributed by atoms with Crippen LogP contribution in [-0.4, -0.2) is 61.1 Å². The SMILES string of the molecule is CCNC(=NCc1ccc(S(=O)(=O)N(C)C)cc1)N(C)Cc1cn(C)nc1C(C)C.I. The van der Waals surface area contributed by atoms with Gasteiger partial charge in [-0.2, -0.15) is 5.10 Å². The van der Waals surface area contributed by atoms with Crippen molar-refractivity contribution in [1.29, 1.82) is 0 Å². The van der Waals surface area contributed by atoms with Crippen molar-refractivity contribution in [3.8, 4) is 0 Å². The molecule has 2 rings (SSSR count). The lowest BCUT2D eigenvalue weighted by Gasteiger charge is -2.22. The van der Waals surface area contributed by atoms with E-state index in [-0.39, 0.29) is 28.9 Å². The number of rotatable bonds is 8. The highest BCUT2D eigenvalue weighted by atomic mass is 127. The number of benzene rings is 1. The maximum atomic E-state index is 12.2. The van der Waals surface area contributed by atoms with Crippen molar-refractivity contribution in [3.63, 3.8) is 0 Å². The van der Waals surface area contributed by atoms with E-state index in [4.69, 9.17) is 4.99 Å². The Morgan fingerprint density at radius 3 is 2.32 bits per heavy atom. The van der Waals surface area contributed by atoms with E-state index in [1.54, 1.807) is 24.3 Å². The Morgan fingerprint density at radius 1 is 1.19 bits per heavy atom. The Morgan fingerprint density at radius 2 is 1.81 bits per heavy atom. The molecule has 0 saturated carbocycles. The summed E-state index contributed by atoms with van der Waals surface area (Å²) in [6, 6.07) is 6.87. The summed E-state index contributed by atoms with van der Waals surface area (Å²) in [5.41, 5.74) is 3.22. The predicted molar refractivity (Wildman–Crippen MR) is 136 cm³/mol. The largest absolute Gasteiger partial charge is 0.357 e. The van der Waals surface area contributed by atoms with E-state index in [1.807, 2.05) is 25.7 Å². The van der Waals surface area contributed by atoms with Gasteiger partial charge < -0.3 is 10.2 Å². The minimum absolute atomic E-state index is 0. The van der Waals surface area contributed by atoms with Crippen LogP contribution in [0.5, 0.6) is 0 Å². The lowest BCUT2D eigenvalue weighted by Crippen LogP contribution is -2.38. The van der Waals surface area contributed by atoms with Gasteiger partial charge in [0, 0.05) is 53.0 Å². The Kier molecular flexibility index (Phi) is 10.4. The minimum Gasteiger partial charge on any atom is -0.357 e. The van der Waals surface area contributed by atoms with E-state index in [0.29, 0.717) is 19.0 Å². The summed E-state index contributed by atoms with van der Waals surface area (Å²) in [4.78, 5) is 7.09. The fourth-order valence-corrected chi connectivity index (χ4v) is 4.01. The van der Waals surface area contributed by atoms with E-state index in [1.165, 1.54) is 24.0 Å². The molecule has 1 N–H and O–H groups in total. The summed E-state index contributed by atoms with van der Waals surface area (Å²) in [7, 11) is 3.58. The fourth-order valence-electron chi connectivity index (χ4n) is 3.11. The summed E-state index contributed by atoms with van der Waals surface area (Å²) in [6.45, 7) is 8.24. The first kappa shape index (κ1) is 27.4. The Hall–Kier alpha value is -1.66. The van der Waals surface area contributed by atoms with Gasteiger partial charge in [-0.25, -0.2) is 17.7 Å². The highest BCUT2D eigenvalue weighted by molar-refractivity contribution is 14.0. The smallest absolute Gasteiger partial charge is 0.242 e. The van der Waals surface area contributed by atoms with E-state index >= 15 is 0 Å². The number of nitrogens with zero attached hydrogens (tertiary/aromatic N) is 5. The van der Waals surface area contributed by atoms with Gasteiger partial charge in [0.25, 0.3) is 0 Å². The van der Waals surface area contributed by atoms with Crippen molar-refractivity contribution in [2.24, 2.45) is 12.0 Å². The predicted octanol–water partition coefficient (Wildman–Crippen LogP) is 3.01. The number of nitrogens with one attached hydrogen (secondary N) is 1. The first-order valence-corrected chi connectivity index (χ1v) is 11.5. The average Bonchev–Trinajstić information content (AvgIpc) is 3.05. The van der Waals surface area contributed by atoms with Crippen molar-refractivity contribution in [2.45, 2.75) is 44.7 Å². The molecule has 1 aromatic carbocycles. The molecule has 0 spiro atoms. The first-order chi connectivity index (χ1) is 14.1. The molecule has 0 bridgehead atoms. The van der Waals surface area contributed by atoms with Gasteiger partial charge in [-0.1, -0.05) is 26.0 Å². The number of aliphatic imine (C=N–C) groups is 1. The number of hydrogen-bond donors (Lipinski definition) is 1. The molecule has 0 fully saturated rings. The van der Waals surface area contributed by atoms with Gasteiger partial charge in [-0.3, -0.25) is 4.68 Å².